The molecule has 2 unspecified atom stereocenters. The van der Waals surface area contributed by atoms with Crippen LogP contribution in [0.3, 0.4) is 0 Å². The van der Waals surface area contributed by atoms with E-state index in [1.165, 1.54) is 0 Å². The second kappa shape index (κ2) is 6.40. The molecule has 0 saturated heterocycles. The molecule has 0 spiro atoms. The van der Waals surface area contributed by atoms with Crippen molar-refractivity contribution >= 4 is 21.6 Å². The van der Waals surface area contributed by atoms with E-state index in [0.29, 0.717) is 0 Å². The van der Waals surface area contributed by atoms with Crippen LogP contribution in [0.25, 0.3) is 0 Å². The third-order valence-electron chi connectivity index (χ3n) is 1.48. The summed E-state index contributed by atoms with van der Waals surface area (Å²) >= 11 is 0. The minimum absolute atomic E-state index is 0.746. The molecule has 0 aliphatic rings. The average Bonchev–Trinajstić information content (AvgIpc) is 2.23. The summed E-state index contributed by atoms with van der Waals surface area (Å²) in [6.07, 6.45) is 0. The van der Waals surface area contributed by atoms with Crippen LogP contribution in [-0.4, -0.2) is 32.9 Å². The molecule has 0 aliphatic heterocycles. The van der Waals surface area contributed by atoms with Gasteiger partial charge in [-0.2, -0.15) is 0 Å². The van der Waals surface area contributed by atoms with E-state index in [1.807, 2.05) is 0 Å². The molecule has 0 radical (unpaired) electrons. The highest BCUT2D eigenvalue weighted by Gasteiger charge is 2.42. The summed E-state index contributed by atoms with van der Waals surface area (Å²) in [6.45, 7) is 1.09. The quantitative estimate of drug-likeness (QED) is 0.527. The van der Waals surface area contributed by atoms with Crippen LogP contribution >= 0.6 is 15.6 Å². The average molecular weight is 260 g/mol. The maximum Gasteiger partial charge on any atom is 0.380 e. The molecule has 0 amide bonds. The highest BCUT2D eigenvalue weighted by molar-refractivity contribution is 7.66. The summed E-state index contributed by atoms with van der Waals surface area (Å²) in [7, 11) is -3.25. The SMILES string of the molecule is CO[PH](=O)C(OC(C)=O)P(=O)(OC)OC. The Morgan fingerprint density at radius 3 is 2.00 bits per heavy atom. The molecule has 0 saturated carbocycles. The van der Waals surface area contributed by atoms with Crippen LogP contribution in [0.4, 0.5) is 0 Å². The first-order valence-corrected chi connectivity index (χ1v) is 6.88. The van der Waals surface area contributed by atoms with Crippen LogP contribution in [0, 0.1) is 0 Å². The van der Waals surface area contributed by atoms with Crippen molar-refractivity contribution in [2.45, 2.75) is 12.5 Å². The molecular formula is C6H14O7P2. The van der Waals surface area contributed by atoms with Gasteiger partial charge in [-0.15, -0.1) is 0 Å². The Hall–Kier alpha value is -0.190. The minimum Gasteiger partial charge on any atom is -0.439 e. The zero-order valence-corrected chi connectivity index (χ0v) is 10.8. The molecule has 90 valence electrons. The van der Waals surface area contributed by atoms with Crippen molar-refractivity contribution in [1.82, 2.24) is 0 Å². The second-order valence-corrected chi connectivity index (χ2v) is 6.73. The smallest absolute Gasteiger partial charge is 0.380 e. The van der Waals surface area contributed by atoms with Crippen molar-refractivity contribution in [2.24, 2.45) is 0 Å². The zero-order valence-electron chi connectivity index (χ0n) is 8.88. The van der Waals surface area contributed by atoms with Gasteiger partial charge in [0.2, 0.25) is 8.03 Å². The molecule has 0 fully saturated rings. The number of hydrogen-bond acceptors (Lipinski definition) is 7. The second-order valence-electron chi connectivity index (χ2n) is 2.39. The standard InChI is InChI=1S/C6H14O7P2/c1-5(7)13-6(14(8)10-2)15(9,11-3)12-4/h6,14H,1-4H3. The number of esters is 1. The van der Waals surface area contributed by atoms with Crippen molar-refractivity contribution in [3.05, 3.63) is 0 Å². The fourth-order valence-corrected chi connectivity index (χ4v) is 4.02. The largest absolute Gasteiger partial charge is 0.439 e. The molecule has 0 aromatic carbocycles. The van der Waals surface area contributed by atoms with Crippen molar-refractivity contribution in [2.75, 3.05) is 21.3 Å². The van der Waals surface area contributed by atoms with Crippen molar-refractivity contribution < 1.29 is 32.2 Å². The molecule has 0 aromatic heterocycles. The molecular weight excluding hydrogens is 246 g/mol. The van der Waals surface area contributed by atoms with Crippen LogP contribution in [-0.2, 0) is 32.2 Å². The molecule has 9 heteroatoms. The molecule has 2 atom stereocenters. The monoisotopic (exact) mass is 260 g/mol. The first kappa shape index (κ1) is 14.8. The fourth-order valence-electron chi connectivity index (χ4n) is 0.766. The maximum atomic E-state index is 11.8. The van der Waals surface area contributed by atoms with Gasteiger partial charge in [0.25, 0.3) is 5.59 Å². The molecule has 0 rings (SSSR count). The third kappa shape index (κ3) is 4.05. The van der Waals surface area contributed by atoms with Gasteiger partial charge in [-0.25, -0.2) is 0 Å². The van der Waals surface area contributed by atoms with Crippen molar-refractivity contribution in [3.8, 4) is 0 Å². The lowest BCUT2D eigenvalue weighted by Gasteiger charge is -2.22. The molecule has 0 heterocycles. The molecule has 7 nitrogen and oxygen atoms in total. The van der Waals surface area contributed by atoms with E-state index in [0.717, 1.165) is 28.3 Å². The van der Waals surface area contributed by atoms with Gasteiger partial charge in [0.1, 0.15) is 0 Å². The number of ether oxygens (including phenoxy) is 1. The first-order valence-electron chi connectivity index (χ1n) is 3.87. The summed E-state index contributed by atoms with van der Waals surface area (Å²) in [5.41, 5.74) is -1.51. The Morgan fingerprint density at radius 2 is 1.73 bits per heavy atom. The van der Waals surface area contributed by atoms with E-state index in [-0.39, 0.29) is 0 Å². The van der Waals surface area contributed by atoms with Gasteiger partial charge in [0, 0.05) is 28.3 Å². The molecule has 0 aliphatic carbocycles. The Morgan fingerprint density at radius 1 is 1.27 bits per heavy atom. The summed E-state index contributed by atoms with van der Waals surface area (Å²) < 4.78 is 41.4. The molecule has 0 N–H and O–H groups in total. The van der Waals surface area contributed by atoms with Gasteiger partial charge in [-0.1, -0.05) is 0 Å². The molecule has 0 bridgehead atoms. The Balaban J connectivity index is 4.99. The number of hydrogen-bond donors (Lipinski definition) is 0. The Bertz CT molecular complexity index is 281. The van der Waals surface area contributed by atoms with Crippen molar-refractivity contribution in [3.63, 3.8) is 0 Å². The van der Waals surface area contributed by atoms with E-state index in [4.69, 9.17) is 0 Å². The van der Waals surface area contributed by atoms with E-state index in [1.54, 1.807) is 0 Å². The maximum absolute atomic E-state index is 11.8. The van der Waals surface area contributed by atoms with Crippen LogP contribution in [0.15, 0.2) is 0 Å². The summed E-state index contributed by atoms with van der Waals surface area (Å²) in [6, 6.07) is 0. The number of carbonyl (C=O) groups excluding carboxylic acids is 1. The predicted octanol–water partition coefficient (Wildman–Crippen LogP) is 1.44. The lowest BCUT2D eigenvalue weighted by atomic mass is 10.8. The van der Waals surface area contributed by atoms with Gasteiger partial charge >= 0.3 is 13.6 Å². The summed E-state index contributed by atoms with van der Waals surface area (Å²) in [5.74, 6) is -0.746. The molecule has 15 heavy (non-hydrogen) atoms. The molecule has 0 aromatic rings. The van der Waals surface area contributed by atoms with E-state index in [9.17, 15) is 13.9 Å². The van der Waals surface area contributed by atoms with Gasteiger partial charge in [-0.3, -0.25) is 13.9 Å². The highest BCUT2D eigenvalue weighted by Crippen LogP contribution is 2.60. The van der Waals surface area contributed by atoms with Gasteiger partial charge in [-0.05, 0) is 0 Å². The Labute approximate surface area is 88.4 Å². The Kier molecular flexibility index (Phi) is 6.32. The van der Waals surface area contributed by atoms with Gasteiger partial charge in [0.15, 0.2) is 0 Å². The van der Waals surface area contributed by atoms with Crippen LogP contribution in [0.5, 0.6) is 0 Å². The minimum atomic E-state index is -3.75. The number of carbonyl (C=O) groups is 1. The van der Waals surface area contributed by atoms with E-state index < -0.39 is 27.2 Å². The van der Waals surface area contributed by atoms with Crippen LogP contribution < -0.4 is 0 Å². The van der Waals surface area contributed by atoms with E-state index in [2.05, 4.69) is 18.3 Å². The van der Waals surface area contributed by atoms with Crippen LogP contribution in [0.1, 0.15) is 6.92 Å². The number of rotatable bonds is 6. The first-order chi connectivity index (χ1) is 6.91. The summed E-state index contributed by atoms with van der Waals surface area (Å²) in [5, 5.41) is 0. The zero-order chi connectivity index (χ0) is 12.1. The normalized spacial score (nSPS) is 15.7. The van der Waals surface area contributed by atoms with Crippen LogP contribution in [0.2, 0.25) is 0 Å². The van der Waals surface area contributed by atoms with Gasteiger partial charge < -0.3 is 18.3 Å². The predicted molar refractivity (Wildman–Crippen MR) is 53.2 cm³/mol. The highest BCUT2D eigenvalue weighted by atomic mass is 31.2. The summed E-state index contributed by atoms with van der Waals surface area (Å²) in [4.78, 5) is 10.7. The fraction of sp³-hybridized carbons (Fsp3) is 0.833. The lowest BCUT2D eigenvalue weighted by molar-refractivity contribution is -0.141. The van der Waals surface area contributed by atoms with Crippen molar-refractivity contribution in [1.29, 1.82) is 0 Å². The lowest BCUT2D eigenvalue weighted by Crippen LogP contribution is -2.15. The topological polar surface area (TPSA) is 88.1 Å². The third-order valence-corrected chi connectivity index (χ3v) is 5.68. The van der Waals surface area contributed by atoms with E-state index >= 15 is 0 Å². The van der Waals surface area contributed by atoms with Gasteiger partial charge in [0.05, 0.1) is 0 Å².